The minimum atomic E-state index is -1.01. The molecule has 0 fully saturated rings. The van der Waals surface area contributed by atoms with Crippen molar-refractivity contribution in [3.05, 3.63) is 65.5 Å². The maximum Gasteiger partial charge on any atom is 0.313 e. The molecule has 2 rings (SSSR count). The molecule has 0 aliphatic rings. The van der Waals surface area contributed by atoms with Crippen molar-refractivity contribution in [3.8, 4) is 0 Å². The molecule has 7 heteroatoms. The molecule has 0 atom stereocenters. The highest BCUT2D eigenvalue weighted by molar-refractivity contribution is 6.39. The van der Waals surface area contributed by atoms with Gasteiger partial charge in [0.15, 0.2) is 0 Å². The van der Waals surface area contributed by atoms with Gasteiger partial charge in [0, 0.05) is 18.3 Å². The molecule has 0 unspecified atom stereocenters. The number of hydrogen-bond donors (Lipinski definition) is 2. The first-order chi connectivity index (χ1) is 10.4. The second-order valence-corrected chi connectivity index (χ2v) is 4.42. The van der Waals surface area contributed by atoms with Crippen LogP contribution in [0.1, 0.15) is 5.56 Å². The Morgan fingerprint density at radius 3 is 2.18 bits per heavy atom. The van der Waals surface area contributed by atoms with Crippen molar-refractivity contribution in [1.29, 1.82) is 0 Å². The van der Waals surface area contributed by atoms with Gasteiger partial charge in [-0.15, -0.1) is 0 Å². The lowest BCUT2D eigenvalue weighted by molar-refractivity contribution is -0.136. The molecule has 0 aliphatic heterocycles. The number of anilines is 1. The third-order valence-corrected chi connectivity index (χ3v) is 2.66. The second kappa shape index (κ2) is 6.75. The summed E-state index contributed by atoms with van der Waals surface area (Å²) in [5, 5.41) is 4.41. The highest BCUT2D eigenvalue weighted by atomic mass is 19.1. The fourth-order valence-corrected chi connectivity index (χ4v) is 1.73. The molecule has 0 bridgehead atoms. The number of hydrogen-bond acceptors (Lipinski definition) is 2. The zero-order valence-corrected chi connectivity index (χ0v) is 11.2. The molecule has 0 radical (unpaired) electrons. The first kappa shape index (κ1) is 15.6. The van der Waals surface area contributed by atoms with Crippen LogP contribution >= 0.6 is 0 Å². The largest absolute Gasteiger partial charge is 0.344 e. The zero-order chi connectivity index (χ0) is 16.1. The van der Waals surface area contributed by atoms with Gasteiger partial charge in [0.05, 0.1) is 0 Å². The summed E-state index contributed by atoms with van der Waals surface area (Å²) in [6, 6.07) is 7.79. The third kappa shape index (κ3) is 4.34. The van der Waals surface area contributed by atoms with Crippen molar-refractivity contribution in [2.45, 2.75) is 6.54 Å². The Hall–Kier alpha value is -2.83. The lowest BCUT2D eigenvalue weighted by Crippen LogP contribution is -2.35. The van der Waals surface area contributed by atoms with Gasteiger partial charge < -0.3 is 10.6 Å². The topological polar surface area (TPSA) is 58.2 Å². The van der Waals surface area contributed by atoms with Crippen molar-refractivity contribution in [2.75, 3.05) is 5.32 Å². The van der Waals surface area contributed by atoms with E-state index in [4.69, 9.17) is 0 Å². The summed E-state index contributed by atoms with van der Waals surface area (Å²) in [4.78, 5) is 23.2. The van der Waals surface area contributed by atoms with Gasteiger partial charge in [-0.3, -0.25) is 9.59 Å². The fourth-order valence-electron chi connectivity index (χ4n) is 1.73. The van der Waals surface area contributed by atoms with E-state index >= 15 is 0 Å². The van der Waals surface area contributed by atoms with Gasteiger partial charge in [0.25, 0.3) is 0 Å². The van der Waals surface area contributed by atoms with E-state index in [9.17, 15) is 22.8 Å². The Kier molecular flexibility index (Phi) is 4.77. The monoisotopic (exact) mass is 308 g/mol. The quantitative estimate of drug-likeness (QED) is 0.855. The molecular weight excluding hydrogens is 297 g/mol. The maximum absolute atomic E-state index is 13.0. The van der Waals surface area contributed by atoms with Crippen molar-refractivity contribution in [1.82, 2.24) is 5.32 Å². The van der Waals surface area contributed by atoms with E-state index in [0.717, 1.165) is 18.2 Å². The predicted octanol–water partition coefficient (Wildman–Crippen LogP) is 2.36. The van der Waals surface area contributed by atoms with E-state index in [1.807, 2.05) is 0 Å². The number of amides is 2. The molecule has 0 saturated heterocycles. The van der Waals surface area contributed by atoms with Crippen molar-refractivity contribution >= 4 is 17.5 Å². The Morgan fingerprint density at radius 1 is 0.864 bits per heavy atom. The lowest BCUT2D eigenvalue weighted by Gasteiger charge is -2.07. The van der Waals surface area contributed by atoms with Gasteiger partial charge in [0.1, 0.15) is 17.5 Å². The van der Waals surface area contributed by atoms with Crippen molar-refractivity contribution in [2.24, 2.45) is 0 Å². The van der Waals surface area contributed by atoms with Crippen LogP contribution < -0.4 is 10.6 Å². The van der Waals surface area contributed by atoms with Crippen LogP contribution in [-0.2, 0) is 16.1 Å². The van der Waals surface area contributed by atoms with Crippen LogP contribution in [0.15, 0.2) is 42.5 Å². The van der Waals surface area contributed by atoms with Crippen molar-refractivity contribution in [3.63, 3.8) is 0 Å². The zero-order valence-electron chi connectivity index (χ0n) is 11.2. The number of rotatable bonds is 3. The van der Waals surface area contributed by atoms with Crippen LogP contribution in [0.4, 0.5) is 18.9 Å². The summed E-state index contributed by atoms with van der Waals surface area (Å²) < 4.78 is 38.9. The van der Waals surface area contributed by atoms with Crippen molar-refractivity contribution < 1.29 is 22.8 Å². The Balaban J connectivity index is 1.92. The van der Waals surface area contributed by atoms with E-state index in [-0.39, 0.29) is 17.8 Å². The number of carbonyl (C=O) groups is 2. The predicted molar refractivity (Wildman–Crippen MR) is 73.2 cm³/mol. The summed E-state index contributed by atoms with van der Waals surface area (Å²) in [6.07, 6.45) is 0. The molecule has 2 N–H and O–H groups in total. The van der Waals surface area contributed by atoms with Gasteiger partial charge in [-0.2, -0.15) is 0 Å². The van der Waals surface area contributed by atoms with Gasteiger partial charge in [-0.25, -0.2) is 13.2 Å². The molecule has 0 heterocycles. The van der Waals surface area contributed by atoms with E-state index in [2.05, 4.69) is 10.6 Å². The lowest BCUT2D eigenvalue weighted by atomic mass is 10.2. The van der Waals surface area contributed by atoms with Crippen LogP contribution in [0.2, 0.25) is 0 Å². The molecule has 2 aromatic carbocycles. The first-order valence-corrected chi connectivity index (χ1v) is 6.24. The Morgan fingerprint density at radius 2 is 1.55 bits per heavy atom. The van der Waals surface area contributed by atoms with E-state index in [1.54, 1.807) is 0 Å². The fraction of sp³-hybridized carbons (Fsp3) is 0.0667. The van der Waals surface area contributed by atoms with Gasteiger partial charge in [-0.1, -0.05) is 6.07 Å². The SMILES string of the molecule is O=C(NCc1cc(F)cc(F)c1)C(=O)Nc1cccc(F)c1. The highest BCUT2D eigenvalue weighted by Gasteiger charge is 2.14. The molecular formula is C15H11F3N2O2. The molecule has 0 spiro atoms. The summed E-state index contributed by atoms with van der Waals surface area (Å²) >= 11 is 0. The average Bonchev–Trinajstić information content (AvgIpc) is 2.43. The number of nitrogens with one attached hydrogen (secondary N) is 2. The molecule has 0 aromatic heterocycles. The Labute approximate surface area is 124 Å². The van der Waals surface area contributed by atoms with E-state index in [1.165, 1.54) is 18.2 Å². The summed E-state index contributed by atoms with van der Waals surface area (Å²) in [7, 11) is 0. The maximum atomic E-state index is 13.0. The highest BCUT2D eigenvalue weighted by Crippen LogP contribution is 2.09. The molecule has 4 nitrogen and oxygen atoms in total. The number of halogens is 3. The second-order valence-electron chi connectivity index (χ2n) is 4.42. The van der Waals surface area contributed by atoms with Gasteiger partial charge >= 0.3 is 11.8 Å². The first-order valence-electron chi connectivity index (χ1n) is 6.24. The molecule has 114 valence electrons. The van der Waals surface area contributed by atoms with Gasteiger partial charge in [0.2, 0.25) is 0 Å². The van der Waals surface area contributed by atoms with Crippen LogP contribution in [0, 0.1) is 17.5 Å². The summed E-state index contributed by atoms with van der Waals surface area (Å²) in [5.41, 5.74) is 0.293. The normalized spacial score (nSPS) is 10.1. The van der Waals surface area contributed by atoms with Crippen LogP contribution in [0.3, 0.4) is 0 Å². The minimum absolute atomic E-state index is 0.122. The van der Waals surface area contributed by atoms with Crippen LogP contribution in [0.25, 0.3) is 0 Å². The third-order valence-electron chi connectivity index (χ3n) is 2.66. The smallest absolute Gasteiger partial charge is 0.313 e. The number of carbonyl (C=O) groups excluding carboxylic acids is 2. The van der Waals surface area contributed by atoms with Crippen LogP contribution in [0.5, 0.6) is 0 Å². The number of benzene rings is 2. The Bertz CT molecular complexity index is 699. The van der Waals surface area contributed by atoms with Gasteiger partial charge in [-0.05, 0) is 35.9 Å². The van der Waals surface area contributed by atoms with Crippen LogP contribution in [-0.4, -0.2) is 11.8 Å². The van der Waals surface area contributed by atoms with E-state index in [0.29, 0.717) is 6.07 Å². The molecule has 0 aliphatic carbocycles. The minimum Gasteiger partial charge on any atom is -0.344 e. The summed E-state index contributed by atoms with van der Waals surface area (Å²) in [6.45, 7) is -0.218. The standard InChI is InChI=1S/C15H11F3N2O2/c16-10-2-1-3-13(7-10)20-15(22)14(21)19-8-9-4-11(17)6-12(18)5-9/h1-7H,8H2,(H,19,21)(H,20,22). The molecule has 0 saturated carbocycles. The molecule has 2 amide bonds. The molecule has 2 aromatic rings. The molecule has 22 heavy (non-hydrogen) atoms. The summed E-state index contributed by atoms with van der Waals surface area (Å²) in [5.74, 6) is -4.15. The van der Waals surface area contributed by atoms with E-state index < -0.39 is 29.3 Å². The average molecular weight is 308 g/mol.